The fraction of sp³-hybridized carbons (Fsp3) is 0.643. The molecule has 2 heterocycles. The van der Waals surface area contributed by atoms with E-state index in [2.05, 4.69) is 4.90 Å². The highest BCUT2D eigenvalue weighted by Crippen LogP contribution is 2.44. The predicted octanol–water partition coefficient (Wildman–Crippen LogP) is 4.84. The largest absolute Gasteiger partial charge is 0.480 e. The third kappa shape index (κ3) is 2.71. The van der Waals surface area contributed by atoms with Crippen LogP contribution in [0.2, 0.25) is 8.67 Å². The van der Waals surface area contributed by atoms with E-state index in [9.17, 15) is 9.90 Å². The Balaban J connectivity index is 2.34. The van der Waals surface area contributed by atoms with Crippen LogP contribution in [0.15, 0.2) is 6.07 Å². The van der Waals surface area contributed by atoms with E-state index in [-0.39, 0.29) is 6.04 Å². The normalized spacial score (nSPS) is 25.0. The molecule has 1 aliphatic heterocycles. The van der Waals surface area contributed by atoms with Gasteiger partial charge in [-0.05, 0) is 38.8 Å². The minimum Gasteiger partial charge on any atom is -0.480 e. The fourth-order valence-corrected chi connectivity index (χ4v) is 4.92. The Morgan fingerprint density at radius 1 is 1.60 bits per heavy atom. The van der Waals surface area contributed by atoms with E-state index >= 15 is 0 Å². The Bertz CT molecular complexity index is 505. The van der Waals surface area contributed by atoms with Crippen LogP contribution in [-0.2, 0) is 4.79 Å². The second-order valence-electron chi connectivity index (χ2n) is 5.34. The quantitative estimate of drug-likeness (QED) is 0.837. The van der Waals surface area contributed by atoms with Crippen LogP contribution in [0.4, 0.5) is 0 Å². The predicted molar refractivity (Wildman–Crippen MR) is 84.0 cm³/mol. The van der Waals surface area contributed by atoms with E-state index in [1.165, 1.54) is 11.3 Å². The van der Waals surface area contributed by atoms with E-state index in [0.717, 1.165) is 24.9 Å². The van der Waals surface area contributed by atoms with E-state index in [1.54, 1.807) is 0 Å². The Hall–Kier alpha value is -0.290. The summed E-state index contributed by atoms with van der Waals surface area (Å²) in [5.74, 6) is -0.721. The van der Waals surface area contributed by atoms with Crippen LogP contribution in [0.25, 0.3) is 0 Å². The molecule has 1 aromatic rings. The van der Waals surface area contributed by atoms with Gasteiger partial charge in [-0.3, -0.25) is 9.69 Å². The van der Waals surface area contributed by atoms with Gasteiger partial charge in [0.1, 0.15) is 5.54 Å². The van der Waals surface area contributed by atoms with Crippen molar-refractivity contribution in [3.63, 3.8) is 0 Å². The number of likely N-dealkylation sites (tertiary alicyclic amines) is 1. The third-order valence-electron chi connectivity index (χ3n) is 4.20. The minimum atomic E-state index is -0.758. The molecule has 1 aliphatic rings. The average molecular weight is 336 g/mol. The van der Waals surface area contributed by atoms with Gasteiger partial charge in [-0.25, -0.2) is 0 Å². The molecule has 1 aromatic heterocycles. The first kappa shape index (κ1) is 16.1. The van der Waals surface area contributed by atoms with Crippen LogP contribution >= 0.6 is 34.5 Å². The van der Waals surface area contributed by atoms with E-state index in [1.807, 2.05) is 19.9 Å². The summed E-state index contributed by atoms with van der Waals surface area (Å²) in [6.45, 7) is 4.83. The first-order chi connectivity index (χ1) is 9.42. The zero-order valence-electron chi connectivity index (χ0n) is 11.7. The van der Waals surface area contributed by atoms with Crippen molar-refractivity contribution in [2.24, 2.45) is 0 Å². The summed E-state index contributed by atoms with van der Waals surface area (Å²) < 4.78 is 1.30. The van der Waals surface area contributed by atoms with Gasteiger partial charge in [-0.15, -0.1) is 11.3 Å². The van der Waals surface area contributed by atoms with Crippen LogP contribution < -0.4 is 0 Å². The number of carboxylic acids is 1. The number of hydrogen-bond acceptors (Lipinski definition) is 3. The molecule has 0 spiro atoms. The van der Waals surface area contributed by atoms with Crippen LogP contribution in [0, 0.1) is 0 Å². The standard InChI is InChI=1S/C14H19Cl2NO2S/c1-3-5-14(13(18)19)6-4-7-17(14)9(2)10-8-11(15)20-12(10)16/h8-9H,3-7H2,1-2H3,(H,18,19). The van der Waals surface area contributed by atoms with Crippen molar-refractivity contribution in [2.75, 3.05) is 6.54 Å². The van der Waals surface area contributed by atoms with Crippen LogP contribution in [-0.4, -0.2) is 28.1 Å². The van der Waals surface area contributed by atoms with Gasteiger partial charge in [0.15, 0.2) is 0 Å². The highest BCUT2D eigenvalue weighted by molar-refractivity contribution is 7.20. The maximum Gasteiger partial charge on any atom is 0.324 e. The fourth-order valence-electron chi connectivity index (χ4n) is 3.29. The molecule has 20 heavy (non-hydrogen) atoms. The van der Waals surface area contributed by atoms with Gasteiger partial charge in [0.25, 0.3) is 0 Å². The lowest BCUT2D eigenvalue weighted by Crippen LogP contribution is -2.51. The Morgan fingerprint density at radius 2 is 2.30 bits per heavy atom. The summed E-state index contributed by atoms with van der Waals surface area (Å²) in [6.07, 6.45) is 3.14. The molecule has 0 saturated carbocycles. The number of halogens is 2. The molecule has 1 N–H and O–H groups in total. The second kappa shape index (κ2) is 6.22. The second-order valence-corrected chi connectivity index (χ2v) is 7.62. The van der Waals surface area contributed by atoms with Gasteiger partial charge in [-0.2, -0.15) is 0 Å². The average Bonchev–Trinajstić information content (AvgIpc) is 2.93. The van der Waals surface area contributed by atoms with Crippen LogP contribution in [0.3, 0.4) is 0 Å². The van der Waals surface area contributed by atoms with E-state index < -0.39 is 11.5 Å². The molecule has 3 nitrogen and oxygen atoms in total. The van der Waals surface area contributed by atoms with Gasteiger partial charge < -0.3 is 5.11 Å². The molecular weight excluding hydrogens is 317 g/mol. The van der Waals surface area contributed by atoms with Crippen molar-refractivity contribution in [2.45, 2.75) is 51.1 Å². The van der Waals surface area contributed by atoms with Crippen molar-refractivity contribution in [1.82, 2.24) is 4.90 Å². The number of carboxylic acid groups (broad SMARTS) is 1. The first-order valence-corrected chi connectivity index (χ1v) is 8.44. The number of thiophene rings is 1. The number of aliphatic carboxylic acids is 1. The maximum absolute atomic E-state index is 11.9. The molecule has 2 atom stereocenters. The van der Waals surface area contributed by atoms with Crippen LogP contribution in [0.1, 0.15) is 51.1 Å². The molecule has 0 amide bonds. The molecule has 2 unspecified atom stereocenters. The molecule has 0 aromatic carbocycles. The molecule has 2 rings (SSSR count). The van der Waals surface area contributed by atoms with Crippen molar-refractivity contribution in [3.05, 3.63) is 20.3 Å². The molecule has 1 fully saturated rings. The van der Waals surface area contributed by atoms with Gasteiger partial charge in [-0.1, -0.05) is 36.5 Å². The highest BCUT2D eigenvalue weighted by atomic mass is 35.5. The lowest BCUT2D eigenvalue weighted by atomic mass is 9.89. The molecule has 0 aliphatic carbocycles. The van der Waals surface area contributed by atoms with Crippen molar-refractivity contribution >= 4 is 40.5 Å². The molecule has 6 heteroatoms. The van der Waals surface area contributed by atoms with Crippen molar-refractivity contribution < 1.29 is 9.90 Å². The summed E-state index contributed by atoms with van der Waals surface area (Å²) in [5.41, 5.74) is 0.177. The third-order valence-corrected chi connectivity index (χ3v) is 5.72. The molecule has 1 saturated heterocycles. The first-order valence-electron chi connectivity index (χ1n) is 6.87. The number of carbonyl (C=O) groups is 1. The number of nitrogens with zero attached hydrogens (tertiary/aromatic N) is 1. The number of hydrogen-bond donors (Lipinski definition) is 1. The lowest BCUT2D eigenvalue weighted by molar-refractivity contribution is -0.151. The monoisotopic (exact) mass is 335 g/mol. The SMILES string of the molecule is CCCC1(C(=O)O)CCCN1C(C)c1cc(Cl)sc1Cl. The Labute approximate surface area is 133 Å². The summed E-state index contributed by atoms with van der Waals surface area (Å²) >= 11 is 13.6. The van der Waals surface area contributed by atoms with Gasteiger partial charge in [0.05, 0.1) is 8.67 Å². The maximum atomic E-state index is 11.9. The van der Waals surface area contributed by atoms with E-state index in [4.69, 9.17) is 23.2 Å². The van der Waals surface area contributed by atoms with Crippen LogP contribution in [0.5, 0.6) is 0 Å². The minimum absolute atomic E-state index is 0.0311. The topological polar surface area (TPSA) is 40.5 Å². The number of rotatable bonds is 5. The van der Waals surface area contributed by atoms with Gasteiger partial charge >= 0.3 is 5.97 Å². The summed E-state index contributed by atoms with van der Waals surface area (Å²) in [4.78, 5) is 13.9. The van der Waals surface area contributed by atoms with Gasteiger partial charge in [0, 0.05) is 11.6 Å². The summed E-state index contributed by atoms with van der Waals surface area (Å²) in [6, 6.07) is 1.83. The Morgan fingerprint density at radius 3 is 2.80 bits per heavy atom. The molecular formula is C14H19Cl2NO2S. The zero-order chi connectivity index (χ0) is 14.9. The van der Waals surface area contributed by atoms with Crippen molar-refractivity contribution in [3.8, 4) is 0 Å². The molecule has 0 radical (unpaired) electrons. The highest BCUT2D eigenvalue weighted by Gasteiger charge is 2.49. The zero-order valence-corrected chi connectivity index (χ0v) is 14.0. The van der Waals surface area contributed by atoms with E-state index in [0.29, 0.717) is 21.5 Å². The van der Waals surface area contributed by atoms with Gasteiger partial charge in [0.2, 0.25) is 0 Å². The summed E-state index contributed by atoms with van der Waals surface area (Å²) in [5, 5.41) is 9.74. The Kier molecular flexibility index (Phi) is 5.00. The molecule has 0 bridgehead atoms. The lowest BCUT2D eigenvalue weighted by Gasteiger charge is -2.38. The smallest absolute Gasteiger partial charge is 0.324 e. The summed E-state index contributed by atoms with van der Waals surface area (Å²) in [7, 11) is 0. The molecule has 112 valence electrons. The van der Waals surface area contributed by atoms with Crippen molar-refractivity contribution in [1.29, 1.82) is 0 Å².